The van der Waals surface area contributed by atoms with Gasteiger partial charge in [0.25, 0.3) is 11.7 Å². The molecule has 0 saturated carbocycles. The van der Waals surface area contributed by atoms with Crippen molar-refractivity contribution in [2.45, 2.75) is 6.04 Å². The third kappa shape index (κ3) is 3.46. The van der Waals surface area contributed by atoms with Crippen LogP contribution in [-0.4, -0.2) is 16.8 Å². The van der Waals surface area contributed by atoms with Crippen LogP contribution in [-0.2, 0) is 9.59 Å². The molecular weight excluding hydrogens is 412 g/mol. The maximum absolute atomic E-state index is 13.5. The van der Waals surface area contributed by atoms with Gasteiger partial charge in [0.2, 0.25) is 0 Å². The lowest BCUT2D eigenvalue weighted by atomic mass is 9.95. The molecule has 1 N–H and O–H groups in total. The number of ketones is 1. The van der Waals surface area contributed by atoms with E-state index in [1.54, 1.807) is 12.1 Å². The quantitative estimate of drug-likeness (QED) is 0.354. The van der Waals surface area contributed by atoms with E-state index in [-0.39, 0.29) is 17.0 Å². The number of hydrogen-bond donors (Lipinski definition) is 1. The van der Waals surface area contributed by atoms with Gasteiger partial charge in [-0.05, 0) is 66.2 Å². The normalized spacial score (nSPS) is 18.1. The first-order chi connectivity index (χ1) is 14.4. The van der Waals surface area contributed by atoms with E-state index in [4.69, 9.17) is 11.6 Å². The molecule has 0 bridgehead atoms. The molecule has 7 heteroatoms. The van der Waals surface area contributed by atoms with Gasteiger partial charge in [-0.15, -0.1) is 0 Å². The summed E-state index contributed by atoms with van der Waals surface area (Å²) >= 11 is 5.89. The summed E-state index contributed by atoms with van der Waals surface area (Å²) in [6.07, 6.45) is 0. The van der Waals surface area contributed by atoms with E-state index in [0.29, 0.717) is 16.1 Å². The molecule has 1 aliphatic heterocycles. The predicted molar refractivity (Wildman–Crippen MR) is 109 cm³/mol. The van der Waals surface area contributed by atoms with Crippen molar-refractivity contribution in [1.82, 2.24) is 0 Å². The number of aliphatic hydroxyl groups excluding tert-OH is 1. The number of amides is 1. The van der Waals surface area contributed by atoms with Crippen LogP contribution in [0.15, 0.2) is 78.4 Å². The summed E-state index contributed by atoms with van der Waals surface area (Å²) in [5.74, 6) is -3.17. The number of rotatable bonds is 3. The summed E-state index contributed by atoms with van der Waals surface area (Å²) in [7, 11) is 0. The molecule has 1 aliphatic rings. The second kappa shape index (κ2) is 7.72. The lowest BCUT2D eigenvalue weighted by Gasteiger charge is -2.25. The first-order valence-electron chi connectivity index (χ1n) is 8.95. The Morgan fingerprint density at radius 2 is 1.37 bits per heavy atom. The van der Waals surface area contributed by atoms with E-state index >= 15 is 0 Å². The number of anilines is 1. The van der Waals surface area contributed by atoms with Crippen LogP contribution in [0.4, 0.5) is 14.5 Å². The molecule has 4 nitrogen and oxygen atoms in total. The molecule has 0 unspecified atom stereocenters. The highest BCUT2D eigenvalue weighted by Gasteiger charge is 2.46. The van der Waals surface area contributed by atoms with Crippen molar-refractivity contribution in [2.75, 3.05) is 4.90 Å². The molecule has 1 saturated heterocycles. The predicted octanol–water partition coefficient (Wildman–Crippen LogP) is 5.24. The van der Waals surface area contributed by atoms with Gasteiger partial charge >= 0.3 is 0 Å². The van der Waals surface area contributed by atoms with Crippen molar-refractivity contribution in [3.05, 3.63) is 106 Å². The Balaban J connectivity index is 1.93. The Bertz CT molecular complexity index is 1160. The second-order valence-electron chi connectivity index (χ2n) is 6.70. The molecule has 150 valence electrons. The lowest BCUT2D eigenvalue weighted by Crippen LogP contribution is -2.29. The molecule has 30 heavy (non-hydrogen) atoms. The zero-order valence-corrected chi connectivity index (χ0v) is 16.1. The maximum Gasteiger partial charge on any atom is 0.300 e. The fraction of sp³-hybridized carbons (Fsp3) is 0.0435. The summed E-state index contributed by atoms with van der Waals surface area (Å²) < 4.78 is 26.9. The lowest BCUT2D eigenvalue weighted by molar-refractivity contribution is -0.132. The fourth-order valence-electron chi connectivity index (χ4n) is 3.42. The second-order valence-corrected chi connectivity index (χ2v) is 7.14. The topological polar surface area (TPSA) is 57.6 Å². The zero-order valence-electron chi connectivity index (χ0n) is 15.4. The number of hydrogen-bond acceptors (Lipinski definition) is 3. The highest BCUT2D eigenvalue weighted by atomic mass is 35.5. The largest absolute Gasteiger partial charge is 0.507 e. The molecular formula is C23H14ClF2NO3. The summed E-state index contributed by atoms with van der Waals surface area (Å²) in [5.41, 5.74) is 0.820. The minimum Gasteiger partial charge on any atom is -0.507 e. The van der Waals surface area contributed by atoms with Crippen molar-refractivity contribution >= 4 is 34.7 Å². The summed E-state index contributed by atoms with van der Waals surface area (Å²) in [4.78, 5) is 27.0. The van der Waals surface area contributed by atoms with Gasteiger partial charge in [-0.25, -0.2) is 8.78 Å². The first-order valence-corrected chi connectivity index (χ1v) is 9.32. The Kier molecular flexibility index (Phi) is 5.10. The van der Waals surface area contributed by atoms with Crippen LogP contribution in [0.3, 0.4) is 0 Å². The average molecular weight is 426 g/mol. The van der Waals surface area contributed by atoms with Crippen LogP contribution in [0.1, 0.15) is 17.2 Å². The number of benzene rings is 3. The number of Topliss-reactive ketones (excluding diaryl/α,β-unsaturated/α-hetero) is 1. The number of carbonyl (C=O) groups is 2. The summed E-state index contributed by atoms with van der Waals surface area (Å²) in [6, 6.07) is 15.4. The minimum absolute atomic E-state index is 0.154. The van der Waals surface area contributed by atoms with Crippen LogP contribution >= 0.6 is 11.6 Å². The van der Waals surface area contributed by atoms with Gasteiger partial charge in [0, 0.05) is 16.3 Å². The molecule has 1 atom stereocenters. The van der Waals surface area contributed by atoms with Gasteiger partial charge in [0.1, 0.15) is 17.4 Å². The summed E-state index contributed by atoms with van der Waals surface area (Å²) in [5, 5.41) is 11.3. The van der Waals surface area contributed by atoms with Crippen LogP contribution in [0.5, 0.6) is 0 Å². The van der Waals surface area contributed by atoms with Gasteiger partial charge in [-0.1, -0.05) is 23.7 Å². The molecule has 0 spiro atoms. The van der Waals surface area contributed by atoms with E-state index in [9.17, 15) is 23.5 Å². The molecule has 0 radical (unpaired) electrons. The molecule has 0 aliphatic carbocycles. The van der Waals surface area contributed by atoms with Gasteiger partial charge in [0.05, 0.1) is 11.6 Å². The van der Waals surface area contributed by atoms with Gasteiger partial charge < -0.3 is 5.11 Å². The van der Waals surface area contributed by atoms with E-state index in [2.05, 4.69) is 0 Å². The number of nitrogens with zero attached hydrogens (tertiary/aromatic N) is 1. The third-order valence-electron chi connectivity index (χ3n) is 4.85. The molecule has 1 amide bonds. The van der Waals surface area contributed by atoms with E-state index < -0.39 is 29.4 Å². The van der Waals surface area contributed by atoms with E-state index in [1.807, 2.05) is 0 Å². The Hall–Kier alpha value is -3.51. The van der Waals surface area contributed by atoms with Crippen LogP contribution < -0.4 is 4.90 Å². The highest BCUT2D eigenvalue weighted by Crippen LogP contribution is 2.42. The monoisotopic (exact) mass is 425 g/mol. The third-order valence-corrected chi connectivity index (χ3v) is 5.10. The van der Waals surface area contributed by atoms with Gasteiger partial charge in [-0.2, -0.15) is 0 Å². The number of halogens is 3. The van der Waals surface area contributed by atoms with Crippen molar-refractivity contribution in [3.63, 3.8) is 0 Å². The van der Waals surface area contributed by atoms with Crippen molar-refractivity contribution < 1.29 is 23.5 Å². The van der Waals surface area contributed by atoms with E-state index in [1.165, 1.54) is 48.5 Å². The molecule has 1 fully saturated rings. The average Bonchev–Trinajstić information content (AvgIpc) is 3.00. The SMILES string of the molecule is O=C1C(=O)N(c2ccc(F)cc2)[C@H](c2ccc(F)cc2)/C1=C(\O)c1ccc(Cl)cc1. The van der Waals surface area contributed by atoms with Gasteiger partial charge in [0.15, 0.2) is 0 Å². The molecule has 3 aromatic rings. The van der Waals surface area contributed by atoms with E-state index in [0.717, 1.165) is 17.0 Å². The van der Waals surface area contributed by atoms with Crippen molar-refractivity contribution in [1.29, 1.82) is 0 Å². The highest BCUT2D eigenvalue weighted by molar-refractivity contribution is 6.51. The van der Waals surface area contributed by atoms with Crippen molar-refractivity contribution in [3.8, 4) is 0 Å². The number of carbonyl (C=O) groups excluding carboxylic acids is 2. The summed E-state index contributed by atoms with van der Waals surface area (Å²) in [6.45, 7) is 0. The fourth-order valence-corrected chi connectivity index (χ4v) is 3.55. The van der Waals surface area contributed by atoms with Crippen LogP contribution in [0.25, 0.3) is 5.76 Å². The number of aliphatic hydroxyl groups is 1. The van der Waals surface area contributed by atoms with Crippen LogP contribution in [0, 0.1) is 11.6 Å². The van der Waals surface area contributed by atoms with Crippen molar-refractivity contribution in [2.24, 2.45) is 0 Å². The Labute approximate surface area is 175 Å². The zero-order chi connectivity index (χ0) is 21.4. The molecule has 1 heterocycles. The van der Waals surface area contributed by atoms with Crippen LogP contribution in [0.2, 0.25) is 5.02 Å². The molecule has 4 rings (SSSR count). The Morgan fingerprint density at radius 3 is 1.93 bits per heavy atom. The maximum atomic E-state index is 13.5. The smallest absolute Gasteiger partial charge is 0.300 e. The first kappa shape index (κ1) is 19.8. The minimum atomic E-state index is -1.02. The Morgan fingerprint density at radius 1 is 0.833 bits per heavy atom. The molecule has 3 aromatic carbocycles. The molecule has 0 aromatic heterocycles. The van der Waals surface area contributed by atoms with Gasteiger partial charge in [-0.3, -0.25) is 14.5 Å². The standard InChI is InChI=1S/C23H14ClF2NO3/c24-15-5-1-14(2-6-15)21(28)19-20(13-3-7-16(25)8-4-13)27(23(30)22(19)29)18-11-9-17(26)10-12-18/h1-12,20,28H/b21-19+/t20-/m1/s1.